The highest BCUT2D eigenvalue weighted by Gasteiger charge is 2.28. The third kappa shape index (κ3) is 3.99. The molecule has 2 aliphatic heterocycles. The van der Waals surface area contributed by atoms with Crippen LogP contribution in [0.15, 0.2) is 34.2 Å². The molecule has 0 spiro atoms. The molecule has 1 aromatic carbocycles. The van der Waals surface area contributed by atoms with Gasteiger partial charge in [0, 0.05) is 5.56 Å². The number of thioether (sulfide) groups is 1. The molecule has 128 valence electrons. The Balaban J connectivity index is 1.73. The predicted octanol–water partition coefficient (Wildman–Crippen LogP) is 1.28. The van der Waals surface area contributed by atoms with E-state index in [2.05, 4.69) is 23.9 Å². The van der Waals surface area contributed by atoms with E-state index in [1.165, 1.54) is 16.7 Å². The van der Waals surface area contributed by atoms with Crippen LogP contribution in [-0.4, -0.2) is 55.8 Å². The van der Waals surface area contributed by atoms with E-state index in [4.69, 9.17) is 4.74 Å². The number of carbonyl (C=O) groups is 1. The fourth-order valence-corrected chi connectivity index (χ4v) is 3.65. The van der Waals surface area contributed by atoms with Crippen molar-refractivity contribution in [3.05, 3.63) is 34.7 Å². The Morgan fingerprint density at radius 1 is 1.33 bits per heavy atom. The van der Waals surface area contributed by atoms with Gasteiger partial charge in [-0.2, -0.15) is 4.99 Å². The molecule has 1 amide bonds. The summed E-state index contributed by atoms with van der Waals surface area (Å²) in [7, 11) is 2.20. The van der Waals surface area contributed by atoms with E-state index in [0.717, 1.165) is 49.1 Å². The smallest absolute Gasteiger partial charge is 0.286 e. The largest absolute Gasteiger partial charge is 0.493 e. The Kier molecular flexibility index (Phi) is 5.58. The molecule has 1 N–H and O–H groups in total. The summed E-state index contributed by atoms with van der Waals surface area (Å²) in [5.41, 5.74) is 0.932. The zero-order chi connectivity index (χ0) is 16.9. The molecule has 2 aliphatic rings. The van der Waals surface area contributed by atoms with Crippen molar-refractivity contribution in [3.63, 3.8) is 0 Å². The predicted molar refractivity (Wildman–Crippen MR) is 98.4 cm³/mol. The van der Waals surface area contributed by atoms with E-state index in [1.54, 1.807) is 0 Å². The van der Waals surface area contributed by atoms with E-state index < -0.39 is 0 Å². The number of carbonyl (C=O) groups excluding carboxylic acids is 1. The quantitative estimate of drug-likeness (QED) is 0.835. The van der Waals surface area contributed by atoms with Gasteiger partial charge in [0.15, 0.2) is 5.17 Å². The lowest BCUT2D eigenvalue weighted by molar-refractivity contribution is -0.883. The summed E-state index contributed by atoms with van der Waals surface area (Å²) < 4.78 is 5.77. The fourth-order valence-electron chi connectivity index (χ4n) is 2.70. The molecule has 2 heterocycles. The van der Waals surface area contributed by atoms with Crippen LogP contribution in [0.25, 0.3) is 6.08 Å². The maximum Gasteiger partial charge on any atom is 0.286 e. The van der Waals surface area contributed by atoms with Crippen molar-refractivity contribution in [1.82, 2.24) is 4.90 Å². The highest BCUT2D eigenvalue weighted by atomic mass is 32.2. The van der Waals surface area contributed by atoms with Gasteiger partial charge in [-0.1, -0.05) is 25.1 Å². The summed E-state index contributed by atoms with van der Waals surface area (Å²) in [6.45, 7) is 6.83. The Morgan fingerprint density at radius 3 is 2.83 bits per heavy atom. The molecule has 0 atom stereocenters. The van der Waals surface area contributed by atoms with E-state index in [9.17, 15) is 4.79 Å². The average Bonchev–Trinajstić information content (AvgIpc) is 2.95. The molecule has 0 radical (unpaired) electrons. The lowest BCUT2D eigenvalue weighted by Crippen LogP contribution is -3.12. The van der Waals surface area contributed by atoms with E-state index >= 15 is 0 Å². The maximum atomic E-state index is 12.3. The van der Waals surface area contributed by atoms with Crippen molar-refractivity contribution in [2.24, 2.45) is 4.99 Å². The number of ether oxygens (including phenoxy) is 1. The maximum absolute atomic E-state index is 12.3. The van der Waals surface area contributed by atoms with Crippen LogP contribution in [0.3, 0.4) is 0 Å². The van der Waals surface area contributed by atoms with Crippen molar-refractivity contribution < 1.29 is 14.4 Å². The standard InChI is InChI=1S/C18H23N3O2S/c1-3-12-23-15-7-5-4-6-14(15)13-16-17(22)19-18(24-16)21-10-8-20(2)9-11-21/h4-7,13H,3,8-12H2,1-2H3/p+1/b16-13-. The van der Waals surface area contributed by atoms with Crippen LogP contribution < -0.4 is 9.64 Å². The number of quaternary nitrogens is 1. The van der Waals surface area contributed by atoms with E-state index in [1.807, 2.05) is 30.3 Å². The molecule has 0 bridgehead atoms. The van der Waals surface area contributed by atoms with Gasteiger partial charge >= 0.3 is 0 Å². The molecule has 0 unspecified atom stereocenters. The number of nitrogens with zero attached hydrogens (tertiary/aromatic N) is 2. The first kappa shape index (κ1) is 17.0. The Labute approximate surface area is 147 Å². The van der Waals surface area contributed by atoms with Crippen LogP contribution in [0.4, 0.5) is 0 Å². The van der Waals surface area contributed by atoms with Crippen molar-refractivity contribution in [1.29, 1.82) is 0 Å². The number of likely N-dealkylation sites (N-methyl/N-ethyl adjacent to an activating group) is 1. The molecular weight excluding hydrogens is 322 g/mol. The van der Waals surface area contributed by atoms with Gasteiger partial charge in [-0.25, -0.2) is 0 Å². The topological polar surface area (TPSA) is 46.3 Å². The third-order valence-electron chi connectivity index (χ3n) is 4.16. The van der Waals surface area contributed by atoms with Gasteiger partial charge in [-0.05, 0) is 30.3 Å². The minimum atomic E-state index is -0.147. The molecule has 6 heteroatoms. The number of rotatable bonds is 4. The number of aliphatic imine (C=N–C) groups is 1. The Morgan fingerprint density at radius 2 is 2.08 bits per heavy atom. The number of benzene rings is 1. The van der Waals surface area contributed by atoms with Crippen LogP contribution >= 0.6 is 11.8 Å². The normalized spacial score (nSPS) is 20.6. The van der Waals surface area contributed by atoms with Gasteiger partial charge in [0.05, 0.1) is 44.7 Å². The number of hydrogen-bond acceptors (Lipinski definition) is 4. The average molecular weight is 346 g/mol. The van der Waals surface area contributed by atoms with Gasteiger partial charge < -0.3 is 14.5 Å². The number of amidine groups is 1. The van der Waals surface area contributed by atoms with Gasteiger partial charge in [0.1, 0.15) is 5.75 Å². The summed E-state index contributed by atoms with van der Waals surface area (Å²) in [5, 5.41) is 0.839. The molecule has 5 nitrogen and oxygen atoms in total. The van der Waals surface area contributed by atoms with Crippen molar-refractivity contribution >= 4 is 28.9 Å². The number of hydrogen-bond donors (Lipinski definition) is 1. The van der Waals surface area contributed by atoms with Crippen LogP contribution in [0.2, 0.25) is 0 Å². The first-order valence-corrected chi connectivity index (χ1v) is 9.29. The molecule has 1 fully saturated rings. The van der Waals surface area contributed by atoms with Crippen LogP contribution in [0.1, 0.15) is 18.9 Å². The summed E-state index contributed by atoms with van der Waals surface area (Å²) in [6.07, 6.45) is 2.85. The van der Waals surface area contributed by atoms with Gasteiger partial charge in [0.25, 0.3) is 5.91 Å². The first-order chi connectivity index (χ1) is 11.7. The van der Waals surface area contributed by atoms with Crippen LogP contribution in [0.5, 0.6) is 5.75 Å². The molecule has 1 aromatic rings. The lowest BCUT2D eigenvalue weighted by Gasteiger charge is -2.30. The summed E-state index contributed by atoms with van der Waals surface area (Å²) in [5.74, 6) is 0.670. The lowest BCUT2D eigenvalue weighted by atomic mass is 10.2. The molecule has 0 aromatic heterocycles. The summed E-state index contributed by atoms with van der Waals surface area (Å²) in [6, 6.07) is 7.83. The second-order valence-electron chi connectivity index (χ2n) is 6.14. The fraction of sp³-hybridized carbons (Fsp3) is 0.444. The number of amides is 1. The minimum absolute atomic E-state index is 0.147. The molecular formula is C18H24N3O2S+. The van der Waals surface area contributed by atoms with Gasteiger partial charge in [0.2, 0.25) is 0 Å². The highest BCUT2D eigenvalue weighted by molar-refractivity contribution is 8.18. The SMILES string of the molecule is CCCOc1ccccc1/C=C1\SC(N2CC[NH+](C)CC2)=NC1=O. The van der Waals surface area contributed by atoms with E-state index in [-0.39, 0.29) is 5.91 Å². The van der Waals surface area contributed by atoms with Crippen LogP contribution in [0, 0.1) is 0 Å². The second-order valence-corrected chi connectivity index (χ2v) is 7.15. The molecule has 0 aliphatic carbocycles. The van der Waals surface area contributed by atoms with Gasteiger partial charge in [-0.3, -0.25) is 4.79 Å². The third-order valence-corrected chi connectivity index (χ3v) is 5.21. The summed E-state index contributed by atoms with van der Waals surface area (Å²) in [4.78, 5) is 20.9. The Hall–Kier alpha value is -1.79. The van der Waals surface area contributed by atoms with E-state index in [0.29, 0.717) is 11.5 Å². The van der Waals surface area contributed by atoms with Crippen LogP contribution in [-0.2, 0) is 4.79 Å². The zero-order valence-corrected chi connectivity index (χ0v) is 15.1. The minimum Gasteiger partial charge on any atom is -0.493 e. The molecule has 24 heavy (non-hydrogen) atoms. The first-order valence-electron chi connectivity index (χ1n) is 8.48. The summed E-state index contributed by atoms with van der Waals surface area (Å²) >= 11 is 1.48. The highest BCUT2D eigenvalue weighted by Crippen LogP contribution is 2.32. The zero-order valence-electron chi connectivity index (χ0n) is 14.2. The molecule has 1 saturated heterocycles. The monoisotopic (exact) mass is 346 g/mol. The van der Waals surface area contributed by atoms with Crippen molar-refractivity contribution in [2.45, 2.75) is 13.3 Å². The number of nitrogens with one attached hydrogen (secondary N) is 1. The van der Waals surface area contributed by atoms with Crippen molar-refractivity contribution in [3.8, 4) is 5.75 Å². The molecule has 0 saturated carbocycles. The van der Waals surface area contributed by atoms with Gasteiger partial charge in [-0.15, -0.1) is 0 Å². The molecule has 3 rings (SSSR count). The number of para-hydroxylation sites is 1. The Bertz CT molecular complexity index is 664. The number of piperazine rings is 1. The van der Waals surface area contributed by atoms with Crippen molar-refractivity contribution in [2.75, 3.05) is 39.8 Å². The second kappa shape index (κ2) is 7.85.